The van der Waals surface area contributed by atoms with Crippen molar-refractivity contribution >= 4 is 17.3 Å². The van der Waals surface area contributed by atoms with Gasteiger partial charge < -0.3 is 15.6 Å². The fourth-order valence-corrected chi connectivity index (χ4v) is 2.12. The van der Waals surface area contributed by atoms with Gasteiger partial charge in [0.15, 0.2) is 0 Å². The number of non-ortho nitro benzene ring substituents is 1. The van der Waals surface area contributed by atoms with Gasteiger partial charge in [0.25, 0.3) is 5.69 Å². The Labute approximate surface area is 123 Å². The molecule has 0 aliphatic heterocycles. The fraction of sp³-hybridized carbons (Fsp3) is 0.462. The molecule has 8 nitrogen and oxygen atoms in total. The van der Waals surface area contributed by atoms with Crippen LogP contribution in [0.2, 0.25) is 0 Å². The number of hydrogen-bond donors (Lipinski definition) is 3. The third-order valence-corrected chi connectivity index (χ3v) is 3.17. The number of nitro benzene ring substituents is 1. The second kappa shape index (κ2) is 7.55. The van der Waals surface area contributed by atoms with Crippen LogP contribution in [0.15, 0.2) is 18.2 Å². The minimum atomic E-state index is -0.447. The summed E-state index contributed by atoms with van der Waals surface area (Å²) in [6, 6.07) is 4.45. The lowest BCUT2D eigenvalue weighted by Crippen LogP contribution is -2.34. The van der Waals surface area contributed by atoms with Crippen LogP contribution in [-0.4, -0.2) is 36.4 Å². The Morgan fingerprint density at radius 1 is 1.52 bits per heavy atom. The van der Waals surface area contributed by atoms with Gasteiger partial charge in [-0.2, -0.15) is 0 Å². The largest absolute Gasteiger partial charge is 0.359 e. The molecular weight excluding hydrogens is 274 g/mol. The third kappa shape index (κ3) is 4.69. The molecular formula is C13H21N5O3. The highest BCUT2D eigenvalue weighted by Crippen LogP contribution is 2.22. The second-order valence-electron chi connectivity index (χ2n) is 4.95. The summed E-state index contributed by atoms with van der Waals surface area (Å²) < 4.78 is 0. The van der Waals surface area contributed by atoms with Gasteiger partial charge in [-0.25, -0.2) is 0 Å². The van der Waals surface area contributed by atoms with E-state index >= 15 is 0 Å². The molecule has 0 aliphatic carbocycles. The molecule has 0 fully saturated rings. The maximum Gasteiger partial charge on any atom is 0.269 e. The summed E-state index contributed by atoms with van der Waals surface area (Å²) in [5.41, 5.74) is 3.87. The molecule has 8 heteroatoms. The number of rotatable bonds is 7. The van der Waals surface area contributed by atoms with E-state index in [9.17, 15) is 14.9 Å². The lowest BCUT2D eigenvalue weighted by Gasteiger charge is -2.21. The zero-order valence-corrected chi connectivity index (χ0v) is 12.4. The van der Waals surface area contributed by atoms with E-state index < -0.39 is 4.92 Å². The molecule has 116 valence electrons. The van der Waals surface area contributed by atoms with Crippen LogP contribution in [0.5, 0.6) is 0 Å². The Bertz CT molecular complexity index is 521. The Hall–Kier alpha value is -2.19. The van der Waals surface area contributed by atoms with Crippen LogP contribution in [0.3, 0.4) is 0 Å². The number of carbonyl (C=O) groups excluding carboxylic acids is 1. The summed E-state index contributed by atoms with van der Waals surface area (Å²) in [5.74, 6) is 5.20. The lowest BCUT2D eigenvalue weighted by molar-refractivity contribution is -0.384. The van der Waals surface area contributed by atoms with Crippen LogP contribution in [0.4, 0.5) is 11.4 Å². The zero-order valence-electron chi connectivity index (χ0n) is 12.4. The number of benzene rings is 1. The van der Waals surface area contributed by atoms with Crippen LogP contribution in [0.25, 0.3) is 0 Å². The van der Waals surface area contributed by atoms with E-state index in [0.717, 1.165) is 0 Å². The van der Waals surface area contributed by atoms with E-state index in [-0.39, 0.29) is 17.5 Å². The highest BCUT2D eigenvalue weighted by atomic mass is 16.6. The summed E-state index contributed by atoms with van der Waals surface area (Å²) in [7, 11) is 3.44. The molecule has 21 heavy (non-hydrogen) atoms. The van der Waals surface area contributed by atoms with E-state index in [2.05, 4.69) is 10.7 Å². The Morgan fingerprint density at radius 3 is 2.71 bits per heavy atom. The van der Waals surface area contributed by atoms with E-state index in [1.54, 1.807) is 13.1 Å². The van der Waals surface area contributed by atoms with Crippen LogP contribution < -0.4 is 16.6 Å². The summed E-state index contributed by atoms with van der Waals surface area (Å²) in [4.78, 5) is 23.8. The van der Waals surface area contributed by atoms with Gasteiger partial charge in [-0.15, -0.1) is 0 Å². The van der Waals surface area contributed by atoms with Crippen molar-refractivity contribution in [2.45, 2.75) is 13.5 Å². The monoisotopic (exact) mass is 295 g/mol. The van der Waals surface area contributed by atoms with Gasteiger partial charge in [0.05, 0.1) is 10.6 Å². The average Bonchev–Trinajstić information content (AvgIpc) is 2.45. The molecule has 1 amide bonds. The van der Waals surface area contributed by atoms with Crippen LogP contribution >= 0.6 is 0 Å². The molecule has 0 spiro atoms. The van der Waals surface area contributed by atoms with E-state index in [0.29, 0.717) is 24.3 Å². The van der Waals surface area contributed by atoms with Crippen molar-refractivity contribution in [1.82, 2.24) is 10.2 Å². The summed E-state index contributed by atoms with van der Waals surface area (Å²) in [5, 5.41) is 13.4. The summed E-state index contributed by atoms with van der Waals surface area (Å²) in [6.07, 6.45) is 0. The summed E-state index contributed by atoms with van der Waals surface area (Å²) >= 11 is 0. The minimum Gasteiger partial charge on any atom is -0.359 e. The first kappa shape index (κ1) is 16.9. The number of hydrazine groups is 1. The third-order valence-electron chi connectivity index (χ3n) is 3.17. The highest BCUT2D eigenvalue weighted by molar-refractivity contribution is 5.78. The van der Waals surface area contributed by atoms with Crippen molar-refractivity contribution < 1.29 is 9.72 Å². The van der Waals surface area contributed by atoms with Gasteiger partial charge in [-0.1, -0.05) is 6.92 Å². The topological polar surface area (TPSA) is 114 Å². The van der Waals surface area contributed by atoms with E-state index in [1.165, 1.54) is 12.1 Å². The number of carbonyl (C=O) groups is 1. The molecule has 1 unspecified atom stereocenters. The molecule has 1 aromatic carbocycles. The molecule has 0 aliphatic rings. The molecule has 0 aromatic heterocycles. The number of anilines is 1. The molecule has 1 aromatic rings. The quantitative estimate of drug-likeness (QED) is 0.387. The number of amides is 1. The van der Waals surface area contributed by atoms with Crippen molar-refractivity contribution in [3.8, 4) is 0 Å². The first-order chi connectivity index (χ1) is 9.88. The van der Waals surface area contributed by atoms with E-state index in [1.807, 2.05) is 18.9 Å². The first-order valence-electron chi connectivity index (χ1n) is 6.53. The predicted octanol–water partition coefficient (Wildman–Crippen LogP) is 0.694. The molecule has 4 N–H and O–H groups in total. The number of nitrogen functional groups attached to an aromatic ring is 1. The van der Waals surface area contributed by atoms with Gasteiger partial charge in [0, 0.05) is 38.2 Å². The number of nitro groups is 1. The van der Waals surface area contributed by atoms with E-state index in [4.69, 9.17) is 5.84 Å². The Balaban J connectivity index is 2.83. The standard InChI is InChI=1S/C13H21N5O3/c1-9(13(19)15-2)7-17(3)8-10-6-11(18(20)21)4-5-12(10)16-14/h4-6,9,16H,7-8,14H2,1-3H3,(H,15,19). The number of hydrogen-bond acceptors (Lipinski definition) is 6. The molecule has 0 saturated carbocycles. The normalized spacial score (nSPS) is 12.0. The lowest BCUT2D eigenvalue weighted by atomic mass is 10.1. The van der Waals surface area contributed by atoms with Crippen molar-refractivity contribution in [1.29, 1.82) is 0 Å². The minimum absolute atomic E-state index is 0.0109. The SMILES string of the molecule is CNC(=O)C(C)CN(C)Cc1cc([N+](=O)[O-])ccc1NN. The molecule has 0 saturated heterocycles. The second-order valence-corrected chi connectivity index (χ2v) is 4.95. The van der Waals surface area contributed by atoms with Crippen LogP contribution in [0.1, 0.15) is 12.5 Å². The number of nitrogens with two attached hydrogens (primary N) is 1. The van der Waals surface area contributed by atoms with Crippen molar-refractivity contribution in [3.63, 3.8) is 0 Å². The van der Waals surface area contributed by atoms with Gasteiger partial charge in [-0.3, -0.25) is 20.8 Å². The van der Waals surface area contributed by atoms with Gasteiger partial charge >= 0.3 is 0 Å². The predicted molar refractivity (Wildman–Crippen MR) is 80.5 cm³/mol. The Kier molecular flexibility index (Phi) is 6.07. The van der Waals surface area contributed by atoms with Crippen molar-refractivity contribution in [2.24, 2.45) is 11.8 Å². The van der Waals surface area contributed by atoms with Gasteiger partial charge in [0.1, 0.15) is 0 Å². The molecule has 0 bridgehead atoms. The Morgan fingerprint density at radius 2 is 2.19 bits per heavy atom. The smallest absolute Gasteiger partial charge is 0.269 e. The zero-order chi connectivity index (χ0) is 16.0. The van der Waals surface area contributed by atoms with Crippen molar-refractivity contribution in [3.05, 3.63) is 33.9 Å². The molecule has 0 radical (unpaired) electrons. The maximum atomic E-state index is 11.5. The maximum absolute atomic E-state index is 11.5. The number of nitrogens with one attached hydrogen (secondary N) is 2. The molecule has 1 atom stereocenters. The van der Waals surface area contributed by atoms with Crippen LogP contribution in [-0.2, 0) is 11.3 Å². The van der Waals surface area contributed by atoms with Gasteiger partial charge in [-0.05, 0) is 18.7 Å². The molecule has 1 rings (SSSR count). The number of nitrogens with zero attached hydrogens (tertiary/aromatic N) is 2. The molecule has 0 heterocycles. The fourth-order valence-electron chi connectivity index (χ4n) is 2.12. The first-order valence-corrected chi connectivity index (χ1v) is 6.53. The van der Waals surface area contributed by atoms with Crippen LogP contribution in [0, 0.1) is 16.0 Å². The highest BCUT2D eigenvalue weighted by Gasteiger charge is 2.16. The van der Waals surface area contributed by atoms with Gasteiger partial charge in [0.2, 0.25) is 5.91 Å². The average molecular weight is 295 g/mol. The van der Waals surface area contributed by atoms with Crippen molar-refractivity contribution in [2.75, 3.05) is 26.1 Å². The summed E-state index contributed by atoms with van der Waals surface area (Å²) in [6.45, 7) is 2.81.